The summed E-state index contributed by atoms with van der Waals surface area (Å²) in [5.74, 6) is 0.0514. The molecule has 0 aromatic carbocycles. The summed E-state index contributed by atoms with van der Waals surface area (Å²) in [6.45, 7) is 6.88. The molecule has 118 valence electrons. The second-order valence-corrected chi connectivity index (χ2v) is 6.44. The van der Waals surface area contributed by atoms with Gasteiger partial charge >= 0.3 is 0 Å². The molecule has 2 rings (SSSR count). The van der Waals surface area contributed by atoms with E-state index in [1.165, 1.54) is 12.3 Å². The van der Waals surface area contributed by atoms with Crippen molar-refractivity contribution in [1.82, 2.24) is 15.2 Å². The van der Waals surface area contributed by atoms with E-state index in [0.717, 1.165) is 38.2 Å². The Kier molecular flexibility index (Phi) is 5.30. The number of halogens is 1. The molecule has 0 amide bonds. The van der Waals surface area contributed by atoms with Gasteiger partial charge in [-0.3, -0.25) is 4.98 Å². The number of hydrogen-bond acceptors (Lipinski definition) is 4. The summed E-state index contributed by atoms with van der Waals surface area (Å²) in [6, 6.07) is 3.30. The van der Waals surface area contributed by atoms with Crippen LogP contribution in [0.1, 0.15) is 38.4 Å². The lowest BCUT2D eigenvalue weighted by molar-refractivity contribution is -0.00936. The molecule has 0 bridgehead atoms. The van der Waals surface area contributed by atoms with Crippen molar-refractivity contribution in [3.8, 4) is 0 Å². The largest absolute Gasteiger partial charge is 0.390 e. The molecule has 21 heavy (non-hydrogen) atoms. The predicted molar refractivity (Wildman–Crippen MR) is 81.5 cm³/mol. The molecule has 1 aromatic rings. The minimum Gasteiger partial charge on any atom is -0.390 e. The van der Waals surface area contributed by atoms with Gasteiger partial charge in [-0.1, -0.05) is 6.92 Å². The first kappa shape index (κ1) is 16.3. The van der Waals surface area contributed by atoms with Crippen LogP contribution in [0.15, 0.2) is 18.3 Å². The Morgan fingerprint density at radius 3 is 2.62 bits per heavy atom. The second kappa shape index (κ2) is 6.81. The average Bonchev–Trinajstić information content (AvgIpc) is 2.44. The summed E-state index contributed by atoms with van der Waals surface area (Å²) in [4.78, 5) is 6.58. The van der Waals surface area contributed by atoms with E-state index in [-0.39, 0.29) is 11.9 Å². The maximum Gasteiger partial charge on any atom is 0.141 e. The van der Waals surface area contributed by atoms with Gasteiger partial charge in [0, 0.05) is 19.6 Å². The highest BCUT2D eigenvalue weighted by molar-refractivity contribution is 5.11. The van der Waals surface area contributed by atoms with Crippen molar-refractivity contribution in [2.45, 2.75) is 38.3 Å². The van der Waals surface area contributed by atoms with Gasteiger partial charge in [-0.25, -0.2) is 4.39 Å². The van der Waals surface area contributed by atoms with Gasteiger partial charge in [0.05, 0.1) is 23.5 Å². The predicted octanol–water partition coefficient (Wildman–Crippen LogP) is 1.96. The van der Waals surface area contributed by atoms with Crippen LogP contribution in [0.2, 0.25) is 0 Å². The third-order valence-electron chi connectivity index (χ3n) is 4.43. The molecule has 4 nitrogen and oxygen atoms in total. The average molecular weight is 295 g/mol. The fraction of sp³-hybridized carbons (Fsp3) is 0.688. The zero-order valence-corrected chi connectivity index (χ0v) is 13.1. The van der Waals surface area contributed by atoms with E-state index < -0.39 is 5.60 Å². The van der Waals surface area contributed by atoms with Gasteiger partial charge in [0.25, 0.3) is 0 Å². The number of aliphatic hydroxyl groups is 1. The van der Waals surface area contributed by atoms with Crippen LogP contribution in [0, 0.1) is 11.7 Å². The maximum atomic E-state index is 13.0. The summed E-state index contributed by atoms with van der Waals surface area (Å²) in [5.41, 5.74) is 0.358. The quantitative estimate of drug-likeness (QED) is 0.872. The van der Waals surface area contributed by atoms with Gasteiger partial charge in [0.1, 0.15) is 5.82 Å². The Labute approximate surface area is 126 Å². The monoisotopic (exact) mass is 295 g/mol. The topological polar surface area (TPSA) is 48.4 Å². The van der Waals surface area contributed by atoms with Crippen LogP contribution < -0.4 is 5.32 Å². The lowest BCUT2D eigenvalue weighted by Gasteiger charge is -2.38. The molecule has 2 N–H and O–H groups in total. The van der Waals surface area contributed by atoms with Crippen LogP contribution in [0.25, 0.3) is 0 Å². The number of pyridine rings is 1. The zero-order chi connectivity index (χ0) is 15.5. The van der Waals surface area contributed by atoms with Crippen molar-refractivity contribution in [3.05, 3.63) is 29.8 Å². The van der Waals surface area contributed by atoms with E-state index >= 15 is 0 Å². The van der Waals surface area contributed by atoms with E-state index in [4.69, 9.17) is 0 Å². The van der Waals surface area contributed by atoms with E-state index in [1.54, 1.807) is 6.07 Å². The zero-order valence-electron chi connectivity index (χ0n) is 13.1. The number of piperidine rings is 1. The van der Waals surface area contributed by atoms with Gasteiger partial charge < -0.3 is 15.3 Å². The second-order valence-electron chi connectivity index (χ2n) is 6.44. The number of likely N-dealkylation sites (tertiary alicyclic amines) is 1. The van der Waals surface area contributed by atoms with Crippen molar-refractivity contribution in [2.75, 3.05) is 26.7 Å². The summed E-state index contributed by atoms with van der Waals surface area (Å²) >= 11 is 0. The summed E-state index contributed by atoms with van der Waals surface area (Å²) in [6.07, 6.45) is 2.90. The summed E-state index contributed by atoms with van der Waals surface area (Å²) < 4.78 is 13.0. The molecule has 0 aliphatic carbocycles. The van der Waals surface area contributed by atoms with Crippen LogP contribution in [-0.2, 0) is 0 Å². The Morgan fingerprint density at radius 1 is 1.43 bits per heavy atom. The highest BCUT2D eigenvalue weighted by Crippen LogP contribution is 2.25. The van der Waals surface area contributed by atoms with Crippen molar-refractivity contribution in [2.24, 2.45) is 5.92 Å². The first-order chi connectivity index (χ1) is 9.91. The lowest BCUT2D eigenvalue weighted by Crippen LogP contribution is -2.45. The maximum absolute atomic E-state index is 13.0. The van der Waals surface area contributed by atoms with Crippen molar-refractivity contribution in [1.29, 1.82) is 0 Å². The number of nitrogens with one attached hydrogen (secondary N) is 1. The molecule has 0 radical (unpaired) electrons. The molecule has 1 aromatic heterocycles. The molecule has 0 spiro atoms. The third-order valence-corrected chi connectivity index (χ3v) is 4.43. The number of hydrogen-bond donors (Lipinski definition) is 2. The summed E-state index contributed by atoms with van der Waals surface area (Å²) in [7, 11) is 1.91. The van der Waals surface area contributed by atoms with Crippen LogP contribution >= 0.6 is 0 Å². The Hall–Kier alpha value is -1.04. The van der Waals surface area contributed by atoms with Gasteiger partial charge in [-0.2, -0.15) is 0 Å². The summed E-state index contributed by atoms with van der Waals surface area (Å²) in [5, 5.41) is 13.3. The van der Waals surface area contributed by atoms with Gasteiger partial charge in [-0.15, -0.1) is 0 Å². The third kappa shape index (κ3) is 4.46. The Morgan fingerprint density at radius 2 is 2.10 bits per heavy atom. The minimum atomic E-state index is -0.513. The van der Waals surface area contributed by atoms with Crippen molar-refractivity contribution < 1.29 is 9.50 Å². The van der Waals surface area contributed by atoms with E-state index in [2.05, 4.69) is 22.1 Å². The fourth-order valence-corrected chi connectivity index (χ4v) is 3.03. The van der Waals surface area contributed by atoms with E-state index in [9.17, 15) is 9.50 Å². The molecular formula is C16H26FN3O. The van der Waals surface area contributed by atoms with Crippen LogP contribution in [0.3, 0.4) is 0 Å². The smallest absolute Gasteiger partial charge is 0.141 e. The van der Waals surface area contributed by atoms with Crippen molar-refractivity contribution in [3.63, 3.8) is 0 Å². The molecule has 2 heterocycles. The standard InChI is InChI=1S/C16H26FN3O/c1-12(11-20-8-6-16(2,21)7-9-20)15(18-3)14-5-4-13(17)10-19-14/h4-5,10,12,15,18,21H,6-9,11H2,1-3H3. The van der Waals surface area contributed by atoms with Crippen LogP contribution in [0.5, 0.6) is 0 Å². The van der Waals surface area contributed by atoms with E-state index in [0.29, 0.717) is 5.92 Å². The molecule has 1 aliphatic heterocycles. The molecule has 0 saturated carbocycles. The van der Waals surface area contributed by atoms with Crippen LogP contribution in [-0.4, -0.2) is 47.3 Å². The molecule has 2 atom stereocenters. The molecule has 1 saturated heterocycles. The number of aromatic nitrogens is 1. The molecular weight excluding hydrogens is 269 g/mol. The van der Waals surface area contributed by atoms with Gasteiger partial charge in [0.2, 0.25) is 0 Å². The molecule has 1 fully saturated rings. The van der Waals surface area contributed by atoms with Gasteiger partial charge in [-0.05, 0) is 44.9 Å². The molecule has 5 heteroatoms. The normalized spacial score (nSPS) is 22.0. The van der Waals surface area contributed by atoms with Crippen LogP contribution in [0.4, 0.5) is 4.39 Å². The lowest BCUT2D eigenvalue weighted by atomic mass is 9.92. The first-order valence-electron chi connectivity index (χ1n) is 7.65. The first-order valence-corrected chi connectivity index (χ1v) is 7.65. The fourth-order valence-electron chi connectivity index (χ4n) is 3.03. The van der Waals surface area contributed by atoms with E-state index in [1.807, 2.05) is 14.0 Å². The highest BCUT2D eigenvalue weighted by Gasteiger charge is 2.29. The Balaban J connectivity index is 1.94. The SMILES string of the molecule is CNC(c1ccc(F)cn1)C(C)CN1CCC(C)(O)CC1. The van der Waals surface area contributed by atoms with Gasteiger partial charge in [0.15, 0.2) is 0 Å². The number of nitrogens with zero attached hydrogens (tertiary/aromatic N) is 2. The minimum absolute atomic E-state index is 0.105. The molecule has 1 aliphatic rings. The Bertz CT molecular complexity index is 439. The highest BCUT2D eigenvalue weighted by atomic mass is 19.1. The molecule has 2 unspecified atom stereocenters. The number of rotatable bonds is 5. The van der Waals surface area contributed by atoms with Crippen molar-refractivity contribution >= 4 is 0 Å².